The number of allylic oxidation sites excluding steroid dienone is 10. The highest BCUT2D eigenvalue weighted by Gasteiger charge is 2.17. The van der Waals surface area contributed by atoms with Crippen molar-refractivity contribution in [1.29, 1.82) is 0 Å². The Hall–Kier alpha value is -2.40. The summed E-state index contributed by atoms with van der Waals surface area (Å²) in [6, 6.07) is 0. The average molecular weight is 952 g/mol. The highest BCUT2D eigenvalue weighted by molar-refractivity contribution is 5.70. The Morgan fingerprint density at radius 2 is 0.618 bits per heavy atom. The molecule has 0 rings (SSSR count). The number of esters is 2. The molecular formula is C63H114O5. The van der Waals surface area contributed by atoms with Crippen molar-refractivity contribution in [2.24, 2.45) is 0 Å². The molecule has 0 spiro atoms. The van der Waals surface area contributed by atoms with Crippen molar-refractivity contribution in [3.05, 3.63) is 60.8 Å². The SMILES string of the molecule is CCCCC/C=C\C/C=C\C/C=C\CCCCCCCCCOCC(COC(=O)CCCCCCCCC/C=C\CCCCCCCC)OC(=O)CCCCCCC/C=C\CCCCCCCC. The largest absolute Gasteiger partial charge is 0.462 e. The minimum Gasteiger partial charge on any atom is -0.462 e. The van der Waals surface area contributed by atoms with Crippen molar-refractivity contribution in [2.45, 2.75) is 309 Å². The number of ether oxygens (including phenoxy) is 3. The van der Waals surface area contributed by atoms with E-state index in [0.29, 0.717) is 19.4 Å². The van der Waals surface area contributed by atoms with Crippen LogP contribution in [-0.2, 0) is 23.8 Å². The number of hydrogen-bond acceptors (Lipinski definition) is 5. The first kappa shape index (κ1) is 65.6. The van der Waals surface area contributed by atoms with Crippen LogP contribution in [0.1, 0.15) is 303 Å². The van der Waals surface area contributed by atoms with Crippen molar-refractivity contribution >= 4 is 11.9 Å². The molecular weight excluding hydrogens is 837 g/mol. The van der Waals surface area contributed by atoms with Gasteiger partial charge in [0.15, 0.2) is 6.10 Å². The normalized spacial score (nSPS) is 12.6. The van der Waals surface area contributed by atoms with Gasteiger partial charge in [0.1, 0.15) is 6.61 Å². The summed E-state index contributed by atoms with van der Waals surface area (Å²) < 4.78 is 17.5. The average Bonchev–Trinajstić information content (AvgIpc) is 3.34. The van der Waals surface area contributed by atoms with Gasteiger partial charge in [0, 0.05) is 19.4 Å². The molecule has 0 amide bonds. The van der Waals surface area contributed by atoms with Crippen LogP contribution in [0.25, 0.3) is 0 Å². The Morgan fingerprint density at radius 1 is 0.324 bits per heavy atom. The summed E-state index contributed by atoms with van der Waals surface area (Å²) in [6.45, 7) is 7.80. The second kappa shape index (κ2) is 58.9. The van der Waals surface area contributed by atoms with Crippen molar-refractivity contribution in [3.8, 4) is 0 Å². The molecule has 0 radical (unpaired) electrons. The Labute approximate surface area is 424 Å². The number of carbonyl (C=O) groups excluding carboxylic acids is 2. The summed E-state index contributed by atoms with van der Waals surface area (Å²) >= 11 is 0. The Kier molecular flexibility index (Phi) is 56.8. The fraction of sp³-hybridized carbons (Fsp3) is 0.810. The minimum absolute atomic E-state index is 0.0765. The molecule has 0 aromatic carbocycles. The molecule has 1 atom stereocenters. The zero-order valence-electron chi connectivity index (χ0n) is 45.6. The smallest absolute Gasteiger partial charge is 0.306 e. The molecule has 0 aromatic heterocycles. The summed E-state index contributed by atoms with van der Waals surface area (Å²) in [4.78, 5) is 25.5. The third kappa shape index (κ3) is 56.2. The topological polar surface area (TPSA) is 61.8 Å². The maximum absolute atomic E-state index is 12.9. The first-order valence-electron chi connectivity index (χ1n) is 29.8. The molecule has 68 heavy (non-hydrogen) atoms. The fourth-order valence-electron chi connectivity index (χ4n) is 8.51. The lowest BCUT2D eigenvalue weighted by Gasteiger charge is -2.18. The number of carbonyl (C=O) groups is 2. The van der Waals surface area contributed by atoms with Gasteiger partial charge in [-0.2, -0.15) is 0 Å². The summed E-state index contributed by atoms with van der Waals surface area (Å²) in [6.07, 6.45) is 75.3. The maximum atomic E-state index is 12.9. The second-order valence-electron chi connectivity index (χ2n) is 19.9. The van der Waals surface area contributed by atoms with Gasteiger partial charge >= 0.3 is 11.9 Å². The van der Waals surface area contributed by atoms with Gasteiger partial charge in [-0.25, -0.2) is 0 Å². The highest BCUT2D eigenvalue weighted by Crippen LogP contribution is 2.15. The summed E-state index contributed by atoms with van der Waals surface area (Å²) in [5.41, 5.74) is 0. The molecule has 0 saturated heterocycles. The van der Waals surface area contributed by atoms with Crippen molar-refractivity contribution in [2.75, 3.05) is 19.8 Å². The Morgan fingerprint density at radius 3 is 1.03 bits per heavy atom. The standard InChI is InChI=1S/C63H114O5/c1-4-7-10-13-16-19-22-25-28-30-31-32-34-37-40-43-46-49-52-55-58-66-59-61(68-63(65)57-54-51-48-45-42-39-35-27-24-21-18-15-12-9-6-3)60-67-62(64)56-53-50-47-44-41-38-36-33-29-26-23-20-17-14-11-8-5-2/h16,19,25-29,31-32,35,61H,4-15,17-18,20-24,30,33-34,36-60H2,1-3H3/b19-16-,28-25-,29-26-,32-31-,35-27-. The van der Waals surface area contributed by atoms with E-state index in [2.05, 4.69) is 81.5 Å². The highest BCUT2D eigenvalue weighted by atomic mass is 16.6. The Balaban J connectivity index is 4.29. The van der Waals surface area contributed by atoms with Crippen LogP contribution in [0.15, 0.2) is 60.8 Å². The number of unbranched alkanes of at least 4 members (excludes halogenated alkanes) is 34. The molecule has 0 aliphatic carbocycles. The van der Waals surface area contributed by atoms with Crippen LogP contribution in [0.4, 0.5) is 0 Å². The van der Waals surface area contributed by atoms with Crippen molar-refractivity contribution in [3.63, 3.8) is 0 Å². The number of hydrogen-bond donors (Lipinski definition) is 0. The van der Waals surface area contributed by atoms with Gasteiger partial charge in [0.05, 0.1) is 6.61 Å². The van der Waals surface area contributed by atoms with Crippen LogP contribution in [0.5, 0.6) is 0 Å². The zero-order valence-corrected chi connectivity index (χ0v) is 45.6. The lowest BCUT2D eigenvalue weighted by molar-refractivity contribution is -0.163. The van der Waals surface area contributed by atoms with Crippen LogP contribution in [-0.4, -0.2) is 37.9 Å². The summed E-state index contributed by atoms with van der Waals surface area (Å²) in [7, 11) is 0. The predicted octanol–water partition coefficient (Wildman–Crippen LogP) is 20.5. The van der Waals surface area contributed by atoms with E-state index in [-0.39, 0.29) is 25.2 Å². The maximum Gasteiger partial charge on any atom is 0.306 e. The lowest BCUT2D eigenvalue weighted by Crippen LogP contribution is -2.30. The van der Waals surface area contributed by atoms with Gasteiger partial charge < -0.3 is 14.2 Å². The molecule has 1 unspecified atom stereocenters. The van der Waals surface area contributed by atoms with Crippen molar-refractivity contribution in [1.82, 2.24) is 0 Å². The van der Waals surface area contributed by atoms with Crippen LogP contribution >= 0.6 is 0 Å². The minimum atomic E-state index is -0.549. The van der Waals surface area contributed by atoms with E-state index >= 15 is 0 Å². The zero-order chi connectivity index (χ0) is 49.2. The molecule has 5 nitrogen and oxygen atoms in total. The molecule has 0 bridgehead atoms. The monoisotopic (exact) mass is 951 g/mol. The van der Waals surface area contributed by atoms with Gasteiger partial charge in [-0.15, -0.1) is 0 Å². The van der Waals surface area contributed by atoms with E-state index in [1.54, 1.807) is 0 Å². The fourth-order valence-corrected chi connectivity index (χ4v) is 8.51. The number of rotatable bonds is 55. The summed E-state index contributed by atoms with van der Waals surface area (Å²) in [5, 5.41) is 0. The van der Waals surface area contributed by atoms with Gasteiger partial charge in [-0.05, 0) is 109 Å². The molecule has 0 saturated carbocycles. The van der Waals surface area contributed by atoms with E-state index in [1.165, 1.54) is 205 Å². The van der Waals surface area contributed by atoms with Crippen LogP contribution in [0, 0.1) is 0 Å². The quantitative estimate of drug-likeness (QED) is 0.0345. The Bertz CT molecular complexity index is 1170. The van der Waals surface area contributed by atoms with E-state index in [0.717, 1.165) is 64.2 Å². The summed E-state index contributed by atoms with van der Waals surface area (Å²) in [5.74, 6) is -0.406. The first-order valence-corrected chi connectivity index (χ1v) is 29.8. The third-order valence-electron chi connectivity index (χ3n) is 13.0. The van der Waals surface area contributed by atoms with E-state index < -0.39 is 6.10 Å². The molecule has 0 aliphatic rings. The van der Waals surface area contributed by atoms with Crippen LogP contribution in [0.3, 0.4) is 0 Å². The van der Waals surface area contributed by atoms with Crippen LogP contribution in [0.2, 0.25) is 0 Å². The molecule has 0 N–H and O–H groups in total. The van der Waals surface area contributed by atoms with Crippen LogP contribution < -0.4 is 0 Å². The van der Waals surface area contributed by atoms with E-state index in [4.69, 9.17) is 14.2 Å². The molecule has 0 heterocycles. The lowest BCUT2D eigenvalue weighted by atomic mass is 10.1. The first-order chi connectivity index (χ1) is 33.6. The van der Waals surface area contributed by atoms with E-state index in [9.17, 15) is 9.59 Å². The predicted molar refractivity (Wildman–Crippen MR) is 298 cm³/mol. The molecule has 0 aromatic rings. The molecule has 0 fully saturated rings. The van der Waals surface area contributed by atoms with Gasteiger partial charge in [-0.3, -0.25) is 9.59 Å². The molecule has 5 heteroatoms. The second-order valence-corrected chi connectivity index (χ2v) is 19.9. The third-order valence-corrected chi connectivity index (χ3v) is 13.0. The van der Waals surface area contributed by atoms with Gasteiger partial charge in [-0.1, -0.05) is 242 Å². The molecule has 0 aliphatic heterocycles. The van der Waals surface area contributed by atoms with Gasteiger partial charge in [0.2, 0.25) is 0 Å². The van der Waals surface area contributed by atoms with E-state index in [1.807, 2.05) is 0 Å². The van der Waals surface area contributed by atoms with Gasteiger partial charge in [0.25, 0.3) is 0 Å². The van der Waals surface area contributed by atoms with Crippen molar-refractivity contribution < 1.29 is 23.8 Å². The molecule has 396 valence electrons.